The third-order valence-electron chi connectivity index (χ3n) is 3.25. The Morgan fingerprint density at radius 2 is 1.77 bits per heavy atom. The zero-order valence-electron chi connectivity index (χ0n) is 12.1. The Labute approximate surface area is 133 Å². The molecule has 0 amide bonds. The average molecular weight is 317 g/mol. The fraction of sp³-hybridized carbons (Fsp3) is 0.294. The summed E-state index contributed by atoms with van der Waals surface area (Å²) in [5.74, 6) is -1.98. The van der Waals surface area contributed by atoms with E-state index in [0.717, 1.165) is 25.7 Å². The number of carbonyl (C=O) groups excluding carboxylic acids is 2. The number of carbonyl (C=O) groups is 2. The van der Waals surface area contributed by atoms with Crippen molar-refractivity contribution in [3.8, 4) is 0 Å². The number of carboxylic acid groups (broad SMARTS) is 1. The molecular formula is C17H17O4S-. The smallest absolute Gasteiger partial charge is 0.338 e. The Kier molecular flexibility index (Phi) is 6.15. The van der Waals surface area contributed by atoms with E-state index in [2.05, 4.69) is 11.4 Å². The van der Waals surface area contributed by atoms with Gasteiger partial charge in [-0.15, -0.1) is 11.3 Å². The van der Waals surface area contributed by atoms with Gasteiger partial charge in [0.2, 0.25) is 0 Å². The van der Waals surface area contributed by atoms with Crippen LogP contribution in [0.1, 0.15) is 44.9 Å². The minimum atomic E-state index is -1.37. The van der Waals surface area contributed by atoms with Gasteiger partial charge in [0.05, 0.1) is 18.1 Å². The molecule has 0 fully saturated rings. The number of thiophene rings is 1. The number of ether oxygens (including phenoxy) is 1. The van der Waals surface area contributed by atoms with Gasteiger partial charge in [0.1, 0.15) is 0 Å². The number of esters is 1. The van der Waals surface area contributed by atoms with E-state index in [4.69, 9.17) is 4.74 Å². The van der Waals surface area contributed by atoms with Crippen molar-refractivity contribution in [3.63, 3.8) is 0 Å². The fourth-order valence-electron chi connectivity index (χ4n) is 2.11. The Morgan fingerprint density at radius 1 is 1.00 bits per heavy atom. The Morgan fingerprint density at radius 3 is 2.45 bits per heavy atom. The SMILES string of the molecule is O=C([O-])c1ccccc1C(=O)OCCCCCc1cccs1. The van der Waals surface area contributed by atoms with E-state index >= 15 is 0 Å². The van der Waals surface area contributed by atoms with Crippen molar-refractivity contribution in [1.82, 2.24) is 0 Å². The van der Waals surface area contributed by atoms with Gasteiger partial charge in [-0.1, -0.05) is 24.3 Å². The molecule has 0 atom stereocenters. The zero-order chi connectivity index (χ0) is 15.8. The molecule has 0 spiro atoms. The molecule has 0 aliphatic rings. The van der Waals surface area contributed by atoms with Crippen LogP contribution in [0.4, 0.5) is 0 Å². The summed E-state index contributed by atoms with van der Waals surface area (Å²) in [6, 6.07) is 10.1. The van der Waals surface area contributed by atoms with Gasteiger partial charge in [0, 0.05) is 10.4 Å². The van der Waals surface area contributed by atoms with E-state index < -0.39 is 11.9 Å². The number of aryl methyl sites for hydroxylation is 1. The minimum absolute atomic E-state index is 0.0427. The van der Waals surface area contributed by atoms with E-state index in [1.807, 2.05) is 6.07 Å². The molecule has 0 unspecified atom stereocenters. The monoisotopic (exact) mass is 317 g/mol. The molecule has 0 radical (unpaired) electrons. The van der Waals surface area contributed by atoms with Crippen molar-refractivity contribution in [3.05, 3.63) is 57.8 Å². The molecule has 0 bridgehead atoms. The van der Waals surface area contributed by atoms with Gasteiger partial charge < -0.3 is 14.6 Å². The lowest BCUT2D eigenvalue weighted by Gasteiger charge is -2.10. The van der Waals surface area contributed by atoms with Gasteiger partial charge in [-0.25, -0.2) is 4.79 Å². The summed E-state index contributed by atoms with van der Waals surface area (Å²) in [5, 5.41) is 13.0. The molecule has 1 heterocycles. The first-order valence-electron chi connectivity index (χ1n) is 7.18. The van der Waals surface area contributed by atoms with Gasteiger partial charge in [-0.05, 0) is 43.2 Å². The standard InChI is InChI=1S/C17H18O4S/c18-16(19)14-9-3-4-10-15(14)17(20)21-11-5-1-2-7-13-8-6-12-22-13/h3-4,6,8-10,12H,1-2,5,7,11H2,(H,18,19)/p-1. The molecule has 4 nitrogen and oxygen atoms in total. The van der Waals surface area contributed by atoms with E-state index in [-0.39, 0.29) is 11.1 Å². The maximum absolute atomic E-state index is 11.9. The average Bonchev–Trinajstić information content (AvgIpc) is 3.03. The third-order valence-corrected chi connectivity index (χ3v) is 4.18. The number of carboxylic acids is 1. The predicted molar refractivity (Wildman–Crippen MR) is 82.9 cm³/mol. The van der Waals surface area contributed by atoms with Gasteiger partial charge in [0.15, 0.2) is 0 Å². The summed E-state index contributed by atoms with van der Waals surface area (Å²) in [4.78, 5) is 24.2. The lowest BCUT2D eigenvalue weighted by Crippen LogP contribution is -2.25. The largest absolute Gasteiger partial charge is 0.545 e. The van der Waals surface area contributed by atoms with Crippen LogP contribution in [-0.2, 0) is 11.2 Å². The fourth-order valence-corrected chi connectivity index (χ4v) is 2.87. The minimum Gasteiger partial charge on any atom is -0.545 e. The first kappa shape index (κ1) is 16.2. The third kappa shape index (κ3) is 4.70. The normalized spacial score (nSPS) is 10.4. The van der Waals surface area contributed by atoms with Crippen molar-refractivity contribution in [2.24, 2.45) is 0 Å². The van der Waals surface area contributed by atoms with Crippen molar-refractivity contribution >= 4 is 23.3 Å². The molecule has 116 valence electrons. The highest BCUT2D eigenvalue weighted by atomic mass is 32.1. The van der Waals surface area contributed by atoms with Crippen molar-refractivity contribution in [2.45, 2.75) is 25.7 Å². The number of unbranched alkanes of at least 4 members (excludes halogenated alkanes) is 2. The molecule has 2 aromatic rings. The summed E-state index contributed by atoms with van der Waals surface area (Å²) in [6.07, 6.45) is 3.82. The molecule has 2 rings (SSSR count). The Bertz CT molecular complexity index is 619. The molecule has 0 saturated heterocycles. The highest BCUT2D eigenvalue weighted by Crippen LogP contribution is 2.13. The molecule has 0 saturated carbocycles. The molecule has 0 aliphatic carbocycles. The van der Waals surface area contributed by atoms with Crippen LogP contribution in [-0.4, -0.2) is 18.5 Å². The highest BCUT2D eigenvalue weighted by molar-refractivity contribution is 7.09. The summed E-state index contributed by atoms with van der Waals surface area (Å²) < 4.78 is 5.13. The summed E-state index contributed by atoms with van der Waals surface area (Å²) in [7, 11) is 0. The Hall–Kier alpha value is -2.14. The lowest BCUT2D eigenvalue weighted by atomic mass is 10.1. The molecule has 0 N–H and O–H groups in total. The second kappa shape index (κ2) is 8.34. The number of aromatic carboxylic acids is 1. The van der Waals surface area contributed by atoms with Crippen LogP contribution in [0, 0.1) is 0 Å². The van der Waals surface area contributed by atoms with Crippen molar-refractivity contribution < 1.29 is 19.4 Å². The first-order chi connectivity index (χ1) is 10.7. The number of hydrogen-bond acceptors (Lipinski definition) is 5. The highest BCUT2D eigenvalue weighted by Gasteiger charge is 2.12. The van der Waals surface area contributed by atoms with Crippen LogP contribution < -0.4 is 5.11 Å². The predicted octanol–water partition coefficient (Wildman–Crippen LogP) is 2.68. The zero-order valence-corrected chi connectivity index (χ0v) is 12.9. The maximum Gasteiger partial charge on any atom is 0.338 e. The van der Waals surface area contributed by atoms with Gasteiger partial charge >= 0.3 is 5.97 Å². The van der Waals surface area contributed by atoms with Crippen LogP contribution >= 0.6 is 11.3 Å². The Balaban J connectivity index is 1.71. The number of rotatable bonds is 8. The van der Waals surface area contributed by atoms with E-state index in [1.54, 1.807) is 23.5 Å². The van der Waals surface area contributed by atoms with E-state index in [1.165, 1.54) is 17.0 Å². The molecular weight excluding hydrogens is 300 g/mol. The number of hydrogen-bond donors (Lipinski definition) is 0. The van der Waals surface area contributed by atoms with Gasteiger partial charge in [-0.3, -0.25) is 0 Å². The van der Waals surface area contributed by atoms with Crippen LogP contribution in [0.25, 0.3) is 0 Å². The van der Waals surface area contributed by atoms with Crippen molar-refractivity contribution in [1.29, 1.82) is 0 Å². The summed E-state index contributed by atoms with van der Waals surface area (Å²) in [6.45, 7) is 0.296. The van der Waals surface area contributed by atoms with Crippen LogP contribution in [0.2, 0.25) is 0 Å². The topological polar surface area (TPSA) is 66.4 Å². The van der Waals surface area contributed by atoms with Crippen LogP contribution in [0.5, 0.6) is 0 Å². The summed E-state index contributed by atoms with van der Waals surface area (Å²) >= 11 is 1.75. The lowest BCUT2D eigenvalue weighted by molar-refractivity contribution is -0.255. The van der Waals surface area contributed by atoms with Gasteiger partial charge in [-0.2, -0.15) is 0 Å². The first-order valence-corrected chi connectivity index (χ1v) is 8.06. The molecule has 1 aromatic heterocycles. The second-order valence-corrected chi connectivity index (χ2v) is 5.89. The second-order valence-electron chi connectivity index (χ2n) is 4.86. The van der Waals surface area contributed by atoms with Crippen molar-refractivity contribution in [2.75, 3.05) is 6.61 Å². The van der Waals surface area contributed by atoms with E-state index in [0.29, 0.717) is 6.61 Å². The molecule has 1 aromatic carbocycles. The molecule has 0 aliphatic heterocycles. The quantitative estimate of drug-likeness (QED) is 0.554. The van der Waals surface area contributed by atoms with Gasteiger partial charge in [0.25, 0.3) is 0 Å². The van der Waals surface area contributed by atoms with Crippen LogP contribution in [0.3, 0.4) is 0 Å². The molecule has 5 heteroatoms. The number of benzene rings is 1. The summed E-state index contributed by atoms with van der Waals surface area (Å²) in [5.41, 5.74) is -0.0914. The van der Waals surface area contributed by atoms with Crippen LogP contribution in [0.15, 0.2) is 41.8 Å². The van der Waals surface area contributed by atoms with E-state index in [9.17, 15) is 14.7 Å². The maximum atomic E-state index is 11.9. The molecule has 22 heavy (non-hydrogen) atoms.